The normalized spacial score (nSPS) is 13.3. The van der Waals surface area contributed by atoms with E-state index in [1.54, 1.807) is 49.6 Å². The molecule has 0 radical (unpaired) electrons. The molecule has 2 aromatic heterocycles. The maximum Gasteiger partial charge on any atom is 0.410 e. The van der Waals surface area contributed by atoms with Crippen LogP contribution in [0.2, 0.25) is 0 Å². The number of carbonyl (C=O) groups is 2. The summed E-state index contributed by atoms with van der Waals surface area (Å²) in [5.41, 5.74) is 8.07. The molecule has 3 heterocycles. The summed E-state index contributed by atoms with van der Waals surface area (Å²) in [5.74, 6) is -0.323. The van der Waals surface area contributed by atoms with E-state index in [1.807, 2.05) is 71.0 Å². The van der Waals surface area contributed by atoms with Gasteiger partial charge in [0.1, 0.15) is 11.1 Å². The summed E-state index contributed by atoms with van der Waals surface area (Å²) in [5, 5.41) is 0. The van der Waals surface area contributed by atoms with Crippen LogP contribution in [0.5, 0.6) is 0 Å². The predicted octanol–water partition coefficient (Wildman–Crippen LogP) is 6.76. The zero-order chi connectivity index (χ0) is 35.2. The van der Waals surface area contributed by atoms with Crippen LogP contribution >= 0.6 is 0 Å². The molecule has 49 heavy (non-hydrogen) atoms. The van der Waals surface area contributed by atoms with Crippen molar-refractivity contribution in [3.8, 4) is 22.4 Å². The Hall–Kier alpha value is -5.03. The van der Waals surface area contributed by atoms with Crippen molar-refractivity contribution < 1.29 is 22.7 Å². The Balaban J connectivity index is 1.44. The molecular weight excluding hydrogens is 639 g/mol. The van der Waals surface area contributed by atoms with E-state index in [-0.39, 0.29) is 23.4 Å². The van der Waals surface area contributed by atoms with Crippen LogP contribution < -0.4 is 0 Å². The molecule has 3 aromatic carbocycles. The van der Waals surface area contributed by atoms with Gasteiger partial charge in [0, 0.05) is 50.1 Å². The number of nitrogens with zero attached hydrogens (tertiary/aromatic N) is 5. The van der Waals surface area contributed by atoms with Crippen LogP contribution in [0.15, 0.2) is 73.1 Å². The molecule has 1 aliphatic rings. The number of hydrogen-bond donors (Lipinski definition) is 0. The van der Waals surface area contributed by atoms with Crippen LogP contribution in [0.4, 0.5) is 4.79 Å². The van der Waals surface area contributed by atoms with Crippen LogP contribution in [0.3, 0.4) is 0 Å². The third-order valence-electron chi connectivity index (χ3n) is 8.64. The second kappa shape index (κ2) is 12.8. The molecule has 254 valence electrons. The van der Waals surface area contributed by atoms with Gasteiger partial charge in [-0.1, -0.05) is 42.5 Å². The van der Waals surface area contributed by atoms with Crippen LogP contribution in [0.25, 0.3) is 33.5 Å². The molecule has 10 nitrogen and oxygen atoms in total. The van der Waals surface area contributed by atoms with E-state index >= 15 is 0 Å². The number of amides is 2. The van der Waals surface area contributed by atoms with E-state index in [4.69, 9.17) is 14.7 Å². The predicted molar refractivity (Wildman–Crippen MR) is 191 cm³/mol. The number of fused-ring (bicyclic) bond motifs is 2. The molecule has 2 amide bonds. The summed E-state index contributed by atoms with van der Waals surface area (Å²) < 4.78 is 34.6. The number of aryl methyl sites for hydroxylation is 2. The van der Waals surface area contributed by atoms with Crippen LogP contribution in [0.1, 0.15) is 58.9 Å². The molecule has 5 aromatic rings. The van der Waals surface area contributed by atoms with Gasteiger partial charge >= 0.3 is 6.09 Å². The maximum absolute atomic E-state index is 13.9. The van der Waals surface area contributed by atoms with Crippen LogP contribution in [-0.2, 0) is 33.5 Å². The highest BCUT2D eigenvalue weighted by atomic mass is 32.2. The van der Waals surface area contributed by atoms with Crippen molar-refractivity contribution in [3.05, 3.63) is 106 Å². The SMILES string of the molecule is Cc1cc(-c2cn(S(=O)(=O)Cc3ccccc3)c3ncc(-c4cc(C)c5c(c4)CCN(C(=O)OC(C)(C)C)C5)nc23)ccc1C(=O)N(C)C. The van der Waals surface area contributed by atoms with Crippen molar-refractivity contribution in [2.45, 2.75) is 58.9 Å². The number of rotatable bonds is 6. The largest absolute Gasteiger partial charge is 0.444 e. The third kappa shape index (κ3) is 6.94. The van der Waals surface area contributed by atoms with E-state index in [9.17, 15) is 18.0 Å². The van der Waals surface area contributed by atoms with E-state index in [2.05, 4.69) is 6.07 Å². The highest BCUT2D eigenvalue weighted by Gasteiger charge is 2.28. The van der Waals surface area contributed by atoms with Crippen molar-refractivity contribution in [1.82, 2.24) is 23.7 Å². The molecule has 11 heteroatoms. The molecule has 0 aliphatic carbocycles. The maximum atomic E-state index is 13.9. The van der Waals surface area contributed by atoms with Gasteiger partial charge in [-0.05, 0) is 92.6 Å². The third-order valence-corrected chi connectivity index (χ3v) is 10.2. The quantitative estimate of drug-likeness (QED) is 0.195. The van der Waals surface area contributed by atoms with Crippen molar-refractivity contribution in [2.75, 3.05) is 20.6 Å². The first-order chi connectivity index (χ1) is 23.1. The summed E-state index contributed by atoms with van der Waals surface area (Å²) in [6.45, 7) is 10.5. The van der Waals surface area contributed by atoms with Gasteiger partial charge in [0.2, 0.25) is 10.0 Å². The summed E-state index contributed by atoms with van der Waals surface area (Å²) in [7, 11) is -0.468. The number of aromatic nitrogens is 3. The summed E-state index contributed by atoms with van der Waals surface area (Å²) in [4.78, 5) is 38.6. The standard InChI is InChI=1S/C38H41N5O5S/c1-24-17-27(13-14-30(24)36(44)41(6)7)32-22-43(49(46,47)23-26-11-9-8-10-12-26)35-34(32)40-33(20-39-35)29-18-25(2)31-21-42(16-15-28(31)19-29)37(45)48-38(3,4)5/h8-14,17-20,22H,15-16,21,23H2,1-7H3. The van der Waals surface area contributed by atoms with Crippen molar-refractivity contribution in [2.24, 2.45) is 0 Å². The Labute approximate surface area is 287 Å². The van der Waals surface area contributed by atoms with Gasteiger partial charge in [-0.2, -0.15) is 0 Å². The van der Waals surface area contributed by atoms with E-state index < -0.39 is 15.6 Å². The highest BCUT2D eigenvalue weighted by molar-refractivity contribution is 7.89. The Bertz CT molecular complexity index is 2200. The zero-order valence-electron chi connectivity index (χ0n) is 28.9. The molecule has 0 bridgehead atoms. The lowest BCUT2D eigenvalue weighted by Gasteiger charge is -2.32. The van der Waals surface area contributed by atoms with Crippen molar-refractivity contribution in [3.63, 3.8) is 0 Å². The van der Waals surface area contributed by atoms with Gasteiger partial charge in [0.05, 0.1) is 17.6 Å². The minimum Gasteiger partial charge on any atom is -0.444 e. The molecule has 0 saturated heterocycles. The van der Waals surface area contributed by atoms with Crippen LogP contribution in [0, 0.1) is 13.8 Å². The average molecular weight is 680 g/mol. The lowest BCUT2D eigenvalue weighted by molar-refractivity contribution is 0.0223. The monoisotopic (exact) mass is 679 g/mol. The van der Waals surface area contributed by atoms with Gasteiger partial charge in [0.25, 0.3) is 5.91 Å². The minimum absolute atomic E-state index is 0.115. The Morgan fingerprint density at radius 1 is 0.959 bits per heavy atom. The number of ether oxygens (including phenoxy) is 1. The fraction of sp³-hybridized carbons (Fsp3) is 0.316. The fourth-order valence-electron chi connectivity index (χ4n) is 6.19. The van der Waals surface area contributed by atoms with Gasteiger partial charge in [-0.25, -0.2) is 27.2 Å². The second-order valence-electron chi connectivity index (χ2n) is 13.8. The Morgan fingerprint density at radius 2 is 1.67 bits per heavy atom. The van der Waals surface area contributed by atoms with E-state index in [1.165, 1.54) is 8.87 Å². The molecule has 1 aliphatic heterocycles. The number of benzene rings is 3. The Morgan fingerprint density at radius 3 is 2.35 bits per heavy atom. The first kappa shape index (κ1) is 33.9. The first-order valence-electron chi connectivity index (χ1n) is 16.2. The summed E-state index contributed by atoms with van der Waals surface area (Å²) in [6, 6.07) is 18.6. The molecule has 0 unspecified atom stereocenters. The molecule has 6 rings (SSSR count). The number of hydrogen-bond acceptors (Lipinski definition) is 7. The zero-order valence-corrected chi connectivity index (χ0v) is 29.8. The van der Waals surface area contributed by atoms with Crippen LogP contribution in [-0.4, -0.2) is 70.4 Å². The molecule has 0 saturated carbocycles. The first-order valence-corrected chi connectivity index (χ1v) is 17.8. The summed E-state index contributed by atoms with van der Waals surface area (Å²) >= 11 is 0. The van der Waals surface area contributed by atoms with Gasteiger partial charge in [0.15, 0.2) is 5.65 Å². The topological polar surface area (TPSA) is 115 Å². The Kier molecular flexibility index (Phi) is 8.83. The van der Waals surface area contributed by atoms with Gasteiger partial charge in [-0.3, -0.25) is 4.79 Å². The smallest absolute Gasteiger partial charge is 0.410 e. The van der Waals surface area contributed by atoms with Gasteiger partial charge in [-0.15, -0.1) is 0 Å². The molecule has 0 N–H and O–H groups in total. The minimum atomic E-state index is -3.88. The van der Waals surface area contributed by atoms with Crippen molar-refractivity contribution in [1.29, 1.82) is 0 Å². The molecule has 0 spiro atoms. The van der Waals surface area contributed by atoms with E-state index in [0.29, 0.717) is 47.4 Å². The lowest BCUT2D eigenvalue weighted by Crippen LogP contribution is -2.40. The molecular formula is C38H41N5O5S. The van der Waals surface area contributed by atoms with E-state index in [0.717, 1.165) is 33.4 Å². The summed E-state index contributed by atoms with van der Waals surface area (Å²) in [6.07, 6.45) is 3.53. The molecule has 0 fully saturated rings. The fourth-order valence-corrected chi connectivity index (χ4v) is 7.60. The number of carbonyl (C=O) groups excluding carboxylic acids is 2. The average Bonchev–Trinajstić information content (AvgIpc) is 3.44. The van der Waals surface area contributed by atoms with Gasteiger partial charge < -0.3 is 14.5 Å². The highest BCUT2D eigenvalue weighted by Crippen LogP contribution is 2.35. The second-order valence-corrected chi connectivity index (χ2v) is 15.7. The molecule has 0 atom stereocenters. The van der Waals surface area contributed by atoms with Crippen molar-refractivity contribution >= 4 is 33.2 Å². The lowest BCUT2D eigenvalue weighted by atomic mass is 9.92.